The molecule has 0 radical (unpaired) electrons. The normalized spacial score (nSPS) is 17.6. The number of nitrogens with zero attached hydrogens (tertiary/aromatic N) is 4. The van der Waals surface area contributed by atoms with Crippen LogP contribution in [0.25, 0.3) is 0 Å². The molecule has 1 aliphatic rings. The van der Waals surface area contributed by atoms with Gasteiger partial charge in [-0.2, -0.15) is 5.10 Å². The van der Waals surface area contributed by atoms with Crippen LogP contribution in [0.1, 0.15) is 31.0 Å². The van der Waals surface area contributed by atoms with Crippen LogP contribution in [0.15, 0.2) is 0 Å². The number of aryl methyl sites for hydroxylation is 2. The summed E-state index contributed by atoms with van der Waals surface area (Å²) in [7, 11) is 4.19. The first kappa shape index (κ1) is 15.3. The minimum atomic E-state index is 0.170. The fourth-order valence-corrected chi connectivity index (χ4v) is 3.13. The van der Waals surface area contributed by atoms with Crippen LogP contribution in [0.3, 0.4) is 0 Å². The molecule has 0 aliphatic carbocycles. The van der Waals surface area contributed by atoms with E-state index in [2.05, 4.69) is 35.8 Å². The Hall–Kier alpha value is -1.07. The zero-order chi connectivity index (χ0) is 14.7. The van der Waals surface area contributed by atoms with Gasteiger partial charge in [0, 0.05) is 38.8 Å². The summed E-state index contributed by atoms with van der Waals surface area (Å²) in [4.78, 5) is 4.88. The molecule has 1 unspecified atom stereocenters. The van der Waals surface area contributed by atoms with Gasteiger partial charge in [0.05, 0.1) is 5.69 Å². The van der Waals surface area contributed by atoms with E-state index in [0.717, 1.165) is 25.2 Å². The van der Waals surface area contributed by atoms with E-state index in [1.54, 1.807) is 0 Å². The second kappa shape index (κ2) is 6.59. The van der Waals surface area contributed by atoms with E-state index in [4.69, 9.17) is 5.73 Å². The van der Waals surface area contributed by atoms with Crippen molar-refractivity contribution in [3.8, 4) is 0 Å². The van der Waals surface area contributed by atoms with Crippen LogP contribution in [-0.4, -0.2) is 53.9 Å². The van der Waals surface area contributed by atoms with Crippen LogP contribution in [-0.2, 0) is 13.5 Å². The summed E-state index contributed by atoms with van der Waals surface area (Å²) < 4.78 is 2.00. The maximum Gasteiger partial charge on any atom is 0.129 e. The smallest absolute Gasteiger partial charge is 0.129 e. The topological polar surface area (TPSA) is 50.3 Å². The van der Waals surface area contributed by atoms with Gasteiger partial charge in [0.2, 0.25) is 0 Å². The van der Waals surface area contributed by atoms with Crippen molar-refractivity contribution in [2.75, 3.05) is 38.1 Å². The van der Waals surface area contributed by atoms with Gasteiger partial charge in [-0.3, -0.25) is 4.68 Å². The average molecular weight is 279 g/mol. The zero-order valence-electron chi connectivity index (χ0n) is 13.4. The number of aromatic nitrogens is 2. The van der Waals surface area contributed by atoms with Crippen LogP contribution in [0.4, 0.5) is 5.82 Å². The third kappa shape index (κ3) is 3.52. The highest BCUT2D eigenvalue weighted by Gasteiger charge is 2.19. The van der Waals surface area contributed by atoms with Crippen molar-refractivity contribution in [1.29, 1.82) is 0 Å². The molecular formula is C15H29N5. The third-order valence-electron chi connectivity index (χ3n) is 4.15. The van der Waals surface area contributed by atoms with E-state index in [-0.39, 0.29) is 6.04 Å². The van der Waals surface area contributed by atoms with Crippen molar-refractivity contribution in [2.45, 2.75) is 39.2 Å². The highest BCUT2D eigenvalue weighted by molar-refractivity contribution is 5.50. The number of likely N-dealkylation sites (tertiary alicyclic amines) is 1. The van der Waals surface area contributed by atoms with Crippen LogP contribution >= 0.6 is 0 Å². The molecule has 1 aromatic heterocycles. The Labute approximate surface area is 122 Å². The number of likely N-dealkylation sites (N-methyl/N-ethyl adjacent to an activating group) is 1. The van der Waals surface area contributed by atoms with Gasteiger partial charge < -0.3 is 15.5 Å². The highest BCUT2D eigenvalue weighted by Crippen LogP contribution is 2.23. The summed E-state index contributed by atoms with van der Waals surface area (Å²) in [6, 6.07) is 0.170. The van der Waals surface area contributed by atoms with E-state index in [0.29, 0.717) is 0 Å². The van der Waals surface area contributed by atoms with Gasteiger partial charge in [-0.25, -0.2) is 0 Å². The quantitative estimate of drug-likeness (QED) is 0.849. The predicted octanol–water partition coefficient (Wildman–Crippen LogP) is 1.15. The summed E-state index contributed by atoms with van der Waals surface area (Å²) in [6.07, 6.45) is 3.60. The summed E-state index contributed by atoms with van der Waals surface area (Å²) in [5.74, 6) is 1.22. The number of hydrogen-bond donors (Lipinski definition) is 1. The summed E-state index contributed by atoms with van der Waals surface area (Å²) in [5, 5.41) is 4.57. The molecule has 114 valence electrons. The monoisotopic (exact) mass is 279 g/mol. The standard InChI is InChI=1S/C15H29N5/c1-12(16)11-14-13(2)17-19(4)15(14)18(3)9-10-20-7-5-6-8-20/h12H,5-11,16H2,1-4H3. The van der Waals surface area contributed by atoms with Gasteiger partial charge in [0.15, 0.2) is 0 Å². The molecule has 0 bridgehead atoms. The molecule has 2 heterocycles. The van der Waals surface area contributed by atoms with Crippen LogP contribution in [0, 0.1) is 6.92 Å². The van der Waals surface area contributed by atoms with Crippen molar-refractivity contribution in [3.05, 3.63) is 11.3 Å². The summed E-state index contributed by atoms with van der Waals surface area (Å²) in [5.41, 5.74) is 8.38. The van der Waals surface area contributed by atoms with Crippen molar-refractivity contribution in [2.24, 2.45) is 12.8 Å². The van der Waals surface area contributed by atoms with Crippen molar-refractivity contribution >= 4 is 5.82 Å². The summed E-state index contributed by atoms with van der Waals surface area (Å²) >= 11 is 0. The Morgan fingerprint density at radius 2 is 2.00 bits per heavy atom. The fourth-order valence-electron chi connectivity index (χ4n) is 3.13. The van der Waals surface area contributed by atoms with Gasteiger partial charge in [0.1, 0.15) is 5.82 Å². The van der Waals surface area contributed by atoms with Crippen LogP contribution in [0.2, 0.25) is 0 Å². The van der Waals surface area contributed by atoms with Crippen LogP contribution in [0.5, 0.6) is 0 Å². The first-order valence-corrected chi connectivity index (χ1v) is 7.70. The molecule has 1 atom stereocenters. The maximum absolute atomic E-state index is 5.98. The Morgan fingerprint density at radius 1 is 1.35 bits per heavy atom. The lowest BCUT2D eigenvalue weighted by molar-refractivity contribution is 0.346. The molecule has 5 heteroatoms. The molecule has 0 spiro atoms. The van der Waals surface area contributed by atoms with Gasteiger partial charge >= 0.3 is 0 Å². The number of rotatable bonds is 6. The first-order chi connectivity index (χ1) is 9.49. The minimum absolute atomic E-state index is 0.170. The summed E-state index contributed by atoms with van der Waals surface area (Å²) in [6.45, 7) is 8.83. The van der Waals surface area contributed by atoms with E-state index < -0.39 is 0 Å². The SMILES string of the molecule is Cc1nn(C)c(N(C)CCN2CCCC2)c1CC(C)N. The lowest BCUT2D eigenvalue weighted by atomic mass is 10.1. The Kier molecular flexibility index (Phi) is 5.05. The molecular weight excluding hydrogens is 250 g/mol. The van der Waals surface area contributed by atoms with E-state index in [1.807, 2.05) is 11.7 Å². The molecule has 0 amide bonds. The largest absolute Gasteiger partial charge is 0.358 e. The number of nitrogens with two attached hydrogens (primary N) is 1. The molecule has 20 heavy (non-hydrogen) atoms. The lowest BCUT2D eigenvalue weighted by Crippen LogP contribution is -2.33. The lowest BCUT2D eigenvalue weighted by Gasteiger charge is -2.24. The Morgan fingerprint density at radius 3 is 2.60 bits per heavy atom. The van der Waals surface area contributed by atoms with Crippen molar-refractivity contribution < 1.29 is 0 Å². The highest BCUT2D eigenvalue weighted by atomic mass is 15.4. The molecule has 1 aromatic rings. The van der Waals surface area contributed by atoms with Gasteiger partial charge in [-0.1, -0.05) is 0 Å². The second-order valence-corrected chi connectivity index (χ2v) is 6.16. The van der Waals surface area contributed by atoms with Crippen LogP contribution < -0.4 is 10.6 Å². The Balaban J connectivity index is 2.05. The predicted molar refractivity (Wildman–Crippen MR) is 84.2 cm³/mol. The molecule has 0 aromatic carbocycles. The number of hydrogen-bond acceptors (Lipinski definition) is 4. The average Bonchev–Trinajstić information content (AvgIpc) is 2.95. The maximum atomic E-state index is 5.98. The van der Waals surface area contributed by atoms with E-state index in [1.165, 1.54) is 37.3 Å². The van der Waals surface area contributed by atoms with Crippen molar-refractivity contribution in [1.82, 2.24) is 14.7 Å². The molecule has 0 saturated carbocycles. The second-order valence-electron chi connectivity index (χ2n) is 6.16. The van der Waals surface area contributed by atoms with Crippen molar-refractivity contribution in [3.63, 3.8) is 0 Å². The minimum Gasteiger partial charge on any atom is -0.358 e. The van der Waals surface area contributed by atoms with Gasteiger partial charge in [0.25, 0.3) is 0 Å². The molecule has 2 N–H and O–H groups in total. The van der Waals surface area contributed by atoms with E-state index in [9.17, 15) is 0 Å². The third-order valence-corrected chi connectivity index (χ3v) is 4.15. The molecule has 5 nitrogen and oxygen atoms in total. The first-order valence-electron chi connectivity index (χ1n) is 7.70. The van der Waals surface area contributed by atoms with E-state index >= 15 is 0 Å². The Bertz CT molecular complexity index is 432. The molecule has 1 aliphatic heterocycles. The molecule has 2 rings (SSSR count). The molecule has 1 saturated heterocycles. The molecule has 1 fully saturated rings. The van der Waals surface area contributed by atoms with Gasteiger partial charge in [-0.15, -0.1) is 0 Å². The zero-order valence-corrected chi connectivity index (χ0v) is 13.4. The van der Waals surface area contributed by atoms with Gasteiger partial charge in [-0.05, 0) is 46.2 Å². The fraction of sp³-hybridized carbons (Fsp3) is 0.800. The number of anilines is 1.